The Morgan fingerprint density at radius 3 is 2.44 bits per heavy atom. The lowest BCUT2D eigenvalue weighted by atomic mass is 10.1. The fourth-order valence-corrected chi connectivity index (χ4v) is 4.18. The van der Waals surface area contributed by atoms with Crippen molar-refractivity contribution in [2.24, 2.45) is 0 Å². The molecule has 7 heteroatoms. The second-order valence-electron chi connectivity index (χ2n) is 8.52. The monoisotopic (exact) mass is 435 g/mol. The first-order valence-electron chi connectivity index (χ1n) is 11.0. The predicted molar refractivity (Wildman–Crippen MR) is 123 cm³/mol. The first-order chi connectivity index (χ1) is 15.4. The van der Waals surface area contributed by atoms with Gasteiger partial charge in [-0.05, 0) is 56.3 Å². The van der Waals surface area contributed by atoms with Crippen molar-refractivity contribution < 1.29 is 9.18 Å². The topological polar surface area (TPSA) is 53.4 Å². The average molecular weight is 436 g/mol. The first-order valence-corrected chi connectivity index (χ1v) is 11.0. The van der Waals surface area contributed by atoms with Gasteiger partial charge in [0.15, 0.2) is 0 Å². The summed E-state index contributed by atoms with van der Waals surface area (Å²) in [6.45, 7) is 9.41. The number of aromatic nitrogens is 2. The minimum Gasteiger partial charge on any atom is -0.348 e. The molecule has 1 saturated heterocycles. The first kappa shape index (κ1) is 22.2. The Labute approximate surface area is 188 Å². The number of rotatable bonds is 6. The Morgan fingerprint density at radius 1 is 1.03 bits per heavy atom. The number of carbonyl (C=O) groups excluding carboxylic acids is 1. The van der Waals surface area contributed by atoms with Gasteiger partial charge in [-0.25, -0.2) is 9.07 Å². The van der Waals surface area contributed by atoms with E-state index in [1.807, 2.05) is 19.9 Å². The third-order valence-electron chi connectivity index (χ3n) is 6.04. The summed E-state index contributed by atoms with van der Waals surface area (Å²) in [5.41, 5.74) is 5.00. The zero-order valence-corrected chi connectivity index (χ0v) is 18.9. The molecule has 0 aliphatic carbocycles. The molecule has 6 nitrogen and oxygen atoms in total. The predicted octanol–water partition coefficient (Wildman–Crippen LogP) is 3.31. The molecule has 0 spiro atoms. The fourth-order valence-electron chi connectivity index (χ4n) is 4.18. The SMILES string of the molecule is Cc1nn(-c2ccc(F)cc2)c(C)c1C(=O)NCc1cccc(CN2CCN(C)CC2)c1. The minimum absolute atomic E-state index is 0.155. The van der Waals surface area contributed by atoms with E-state index in [0.29, 0.717) is 17.8 Å². The number of nitrogens with zero attached hydrogens (tertiary/aromatic N) is 4. The summed E-state index contributed by atoms with van der Waals surface area (Å²) in [5.74, 6) is -0.457. The molecular formula is C25H30FN5O. The summed E-state index contributed by atoms with van der Waals surface area (Å²) >= 11 is 0. The van der Waals surface area contributed by atoms with Gasteiger partial charge in [0.25, 0.3) is 5.91 Å². The number of halogens is 1. The van der Waals surface area contributed by atoms with E-state index in [-0.39, 0.29) is 11.7 Å². The molecule has 2 heterocycles. The molecule has 1 N–H and O–H groups in total. The minimum atomic E-state index is -0.303. The molecule has 0 radical (unpaired) electrons. The lowest BCUT2D eigenvalue weighted by Crippen LogP contribution is -2.43. The van der Waals surface area contributed by atoms with Gasteiger partial charge in [-0.1, -0.05) is 24.3 Å². The van der Waals surface area contributed by atoms with Crippen molar-refractivity contribution in [2.75, 3.05) is 33.2 Å². The van der Waals surface area contributed by atoms with Gasteiger partial charge < -0.3 is 10.2 Å². The molecule has 2 aromatic carbocycles. The van der Waals surface area contributed by atoms with E-state index in [9.17, 15) is 9.18 Å². The maximum atomic E-state index is 13.3. The highest BCUT2D eigenvalue weighted by Crippen LogP contribution is 2.19. The molecule has 1 aliphatic rings. The van der Waals surface area contributed by atoms with Crippen LogP contribution in [0.1, 0.15) is 32.9 Å². The second kappa shape index (κ2) is 9.63. The van der Waals surface area contributed by atoms with E-state index in [4.69, 9.17) is 0 Å². The van der Waals surface area contributed by atoms with Crippen molar-refractivity contribution in [3.05, 3.63) is 82.4 Å². The highest BCUT2D eigenvalue weighted by molar-refractivity contribution is 5.96. The van der Waals surface area contributed by atoms with Crippen LogP contribution in [0.3, 0.4) is 0 Å². The van der Waals surface area contributed by atoms with Crippen LogP contribution in [0.25, 0.3) is 5.69 Å². The Hall–Kier alpha value is -3.03. The number of aryl methyl sites for hydroxylation is 1. The lowest BCUT2D eigenvalue weighted by Gasteiger charge is -2.32. The standard InChI is InChI=1S/C25H30FN5O/c1-18-24(19(2)31(28-18)23-9-7-22(26)8-10-23)25(32)27-16-20-5-4-6-21(15-20)17-30-13-11-29(3)12-14-30/h4-10,15H,11-14,16-17H2,1-3H3,(H,27,32). The van der Waals surface area contributed by atoms with Gasteiger partial charge in [0.05, 0.1) is 22.6 Å². The fraction of sp³-hybridized carbons (Fsp3) is 0.360. The van der Waals surface area contributed by atoms with Crippen molar-refractivity contribution in [2.45, 2.75) is 26.9 Å². The normalized spacial score (nSPS) is 15.1. The maximum Gasteiger partial charge on any atom is 0.255 e. The summed E-state index contributed by atoms with van der Waals surface area (Å²) in [4.78, 5) is 17.8. The van der Waals surface area contributed by atoms with Crippen molar-refractivity contribution in [3.8, 4) is 5.69 Å². The summed E-state index contributed by atoms with van der Waals surface area (Å²) < 4.78 is 14.9. The molecule has 1 amide bonds. The molecule has 3 aromatic rings. The van der Waals surface area contributed by atoms with Crippen molar-refractivity contribution in [1.82, 2.24) is 24.9 Å². The quantitative estimate of drug-likeness (QED) is 0.646. The van der Waals surface area contributed by atoms with Crippen LogP contribution in [0.2, 0.25) is 0 Å². The summed E-state index contributed by atoms with van der Waals surface area (Å²) in [5, 5.41) is 7.53. The van der Waals surface area contributed by atoms with Crippen LogP contribution in [-0.4, -0.2) is 58.7 Å². The number of benzene rings is 2. The highest BCUT2D eigenvalue weighted by Gasteiger charge is 2.19. The van der Waals surface area contributed by atoms with E-state index in [0.717, 1.165) is 49.7 Å². The van der Waals surface area contributed by atoms with Crippen LogP contribution in [-0.2, 0) is 13.1 Å². The van der Waals surface area contributed by atoms with Gasteiger partial charge in [-0.2, -0.15) is 5.10 Å². The lowest BCUT2D eigenvalue weighted by molar-refractivity contribution is 0.0949. The van der Waals surface area contributed by atoms with E-state index in [1.165, 1.54) is 17.7 Å². The zero-order chi connectivity index (χ0) is 22.7. The van der Waals surface area contributed by atoms with Crippen LogP contribution in [0.5, 0.6) is 0 Å². The Morgan fingerprint density at radius 2 is 1.72 bits per heavy atom. The number of hydrogen-bond acceptors (Lipinski definition) is 4. The average Bonchev–Trinajstić information content (AvgIpc) is 3.08. The molecule has 1 fully saturated rings. The van der Waals surface area contributed by atoms with Gasteiger partial charge in [0.1, 0.15) is 5.82 Å². The number of carbonyl (C=O) groups is 1. The zero-order valence-electron chi connectivity index (χ0n) is 18.9. The number of likely N-dealkylation sites (N-methyl/N-ethyl adjacent to an activating group) is 1. The Kier molecular flexibility index (Phi) is 6.67. The smallest absolute Gasteiger partial charge is 0.255 e. The molecule has 1 aliphatic heterocycles. The van der Waals surface area contributed by atoms with Crippen LogP contribution in [0, 0.1) is 19.7 Å². The number of amides is 1. The molecule has 4 rings (SSSR count). The number of nitrogens with one attached hydrogen (secondary N) is 1. The summed E-state index contributed by atoms with van der Waals surface area (Å²) in [6, 6.07) is 14.5. The summed E-state index contributed by atoms with van der Waals surface area (Å²) in [6.07, 6.45) is 0. The molecule has 1 aromatic heterocycles. The van der Waals surface area contributed by atoms with Crippen LogP contribution < -0.4 is 5.32 Å². The van der Waals surface area contributed by atoms with Gasteiger partial charge in [0, 0.05) is 39.3 Å². The van der Waals surface area contributed by atoms with Gasteiger partial charge in [0.2, 0.25) is 0 Å². The molecule has 168 valence electrons. The third-order valence-corrected chi connectivity index (χ3v) is 6.04. The Balaban J connectivity index is 1.41. The number of piperazine rings is 1. The third kappa shape index (κ3) is 5.06. The van der Waals surface area contributed by atoms with Gasteiger partial charge >= 0.3 is 0 Å². The molecule has 0 atom stereocenters. The van der Waals surface area contributed by atoms with Crippen molar-refractivity contribution in [3.63, 3.8) is 0 Å². The largest absolute Gasteiger partial charge is 0.348 e. The molecule has 32 heavy (non-hydrogen) atoms. The number of hydrogen-bond donors (Lipinski definition) is 1. The van der Waals surface area contributed by atoms with Crippen molar-refractivity contribution >= 4 is 5.91 Å². The highest BCUT2D eigenvalue weighted by atomic mass is 19.1. The molecule has 0 saturated carbocycles. The molecule has 0 bridgehead atoms. The van der Waals surface area contributed by atoms with Crippen LogP contribution in [0.15, 0.2) is 48.5 Å². The second-order valence-corrected chi connectivity index (χ2v) is 8.52. The van der Waals surface area contributed by atoms with Crippen LogP contribution in [0.4, 0.5) is 4.39 Å². The van der Waals surface area contributed by atoms with E-state index in [2.05, 4.69) is 45.5 Å². The van der Waals surface area contributed by atoms with E-state index in [1.54, 1.807) is 16.8 Å². The summed E-state index contributed by atoms with van der Waals surface area (Å²) in [7, 11) is 2.16. The van der Waals surface area contributed by atoms with E-state index >= 15 is 0 Å². The van der Waals surface area contributed by atoms with Gasteiger partial charge in [-0.3, -0.25) is 9.69 Å². The molecular weight excluding hydrogens is 405 g/mol. The Bertz CT molecular complexity index is 1080. The maximum absolute atomic E-state index is 13.3. The van der Waals surface area contributed by atoms with E-state index < -0.39 is 0 Å². The van der Waals surface area contributed by atoms with Crippen LogP contribution >= 0.6 is 0 Å². The molecule has 0 unspecified atom stereocenters. The van der Waals surface area contributed by atoms with Crippen molar-refractivity contribution in [1.29, 1.82) is 0 Å². The van der Waals surface area contributed by atoms with Gasteiger partial charge in [-0.15, -0.1) is 0 Å².